The number of hydrogen-bond acceptors (Lipinski definition) is 0. The minimum atomic E-state index is 1.31. The lowest BCUT2D eigenvalue weighted by molar-refractivity contribution is 1.37. The van der Waals surface area contributed by atoms with Crippen molar-refractivity contribution in [2.45, 2.75) is 20.8 Å². The van der Waals surface area contributed by atoms with E-state index in [1.54, 1.807) is 0 Å². The molecule has 3 aromatic rings. The topological polar surface area (TPSA) is 0 Å². The molecule has 0 heteroatoms. The van der Waals surface area contributed by atoms with E-state index in [1.165, 1.54) is 38.6 Å². The average molecular weight is 246 g/mol. The van der Waals surface area contributed by atoms with Crippen LogP contribution in [0.15, 0.2) is 54.6 Å². The fourth-order valence-corrected chi connectivity index (χ4v) is 2.80. The Morgan fingerprint density at radius 3 is 1.84 bits per heavy atom. The highest BCUT2D eigenvalue weighted by atomic mass is 14.1. The summed E-state index contributed by atoms with van der Waals surface area (Å²) in [5.74, 6) is 0. The van der Waals surface area contributed by atoms with Crippen LogP contribution in [0.1, 0.15) is 16.7 Å². The summed E-state index contributed by atoms with van der Waals surface area (Å²) in [6.07, 6.45) is 0. The number of hydrogen-bond donors (Lipinski definition) is 0. The van der Waals surface area contributed by atoms with Gasteiger partial charge >= 0.3 is 0 Å². The molecule has 3 aromatic carbocycles. The van der Waals surface area contributed by atoms with Gasteiger partial charge in [-0.25, -0.2) is 0 Å². The molecular formula is C19H18. The molecule has 0 heterocycles. The molecule has 94 valence electrons. The monoisotopic (exact) mass is 246 g/mol. The Labute approximate surface area is 114 Å². The van der Waals surface area contributed by atoms with Crippen molar-refractivity contribution in [1.82, 2.24) is 0 Å². The molecule has 0 nitrogen and oxygen atoms in total. The predicted molar refractivity (Wildman–Crippen MR) is 83.6 cm³/mol. The summed E-state index contributed by atoms with van der Waals surface area (Å²) in [7, 11) is 0. The summed E-state index contributed by atoms with van der Waals surface area (Å²) in [6.45, 7) is 6.51. The number of aryl methyl sites for hydroxylation is 3. The summed E-state index contributed by atoms with van der Waals surface area (Å²) in [6, 6.07) is 19.9. The predicted octanol–water partition coefficient (Wildman–Crippen LogP) is 5.43. The Morgan fingerprint density at radius 2 is 1.21 bits per heavy atom. The fraction of sp³-hybridized carbons (Fsp3) is 0.158. The van der Waals surface area contributed by atoms with Crippen molar-refractivity contribution < 1.29 is 0 Å². The largest absolute Gasteiger partial charge is 0.0616 e. The first kappa shape index (κ1) is 12.0. The molecule has 0 amide bonds. The summed E-state index contributed by atoms with van der Waals surface area (Å²) in [5.41, 5.74) is 6.64. The SMILES string of the molecule is Cc1cc(C)cc(-c2cc3ccccc3cc2C)c1. The molecule has 19 heavy (non-hydrogen) atoms. The second-order valence-electron chi connectivity index (χ2n) is 5.39. The Bertz CT molecular complexity index is 731. The number of benzene rings is 3. The highest BCUT2D eigenvalue weighted by molar-refractivity contribution is 5.89. The third kappa shape index (κ3) is 2.26. The first-order valence-electron chi connectivity index (χ1n) is 6.71. The molecule has 0 saturated carbocycles. The molecule has 0 saturated heterocycles. The molecule has 0 aliphatic rings. The van der Waals surface area contributed by atoms with Crippen LogP contribution < -0.4 is 0 Å². The molecule has 0 spiro atoms. The molecule has 0 aliphatic carbocycles. The van der Waals surface area contributed by atoms with Crippen LogP contribution in [0.2, 0.25) is 0 Å². The van der Waals surface area contributed by atoms with E-state index in [1.807, 2.05) is 0 Å². The van der Waals surface area contributed by atoms with Crippen LogP contribution in [0.3, 0.4) is 0 Å². The van der Waals surface area contributed by atoms with Crippen molar-refractivity contribution in [1.29, 1.82) is 0 Å². The van der Waals surface area contributed by atoms with Crippen LogP contribution in [0.4, 0.5) is 0 Å². The van der Waals surface area contributed by atoms with Crippen LogP contribution in [-0.2, 0) is 0 Å². The lowest BCUT2D eigenvalue weighted by Crippen LogP contribution is -1.87. The summed E-state index contributed by atoms with van der Waals surface area (Å²) in [4.78, 5) is 0. The average Bonchev–Trinajstić information content (AvgIpc) is 2.36. The van der Waals surface area contributed by atoms with Crippen molar-refractivity contribution in [2.75, 3.05) is 0 Å². The zero-order valence-corrected chi connectivity index (χ0v) is 11.7. The van der Waals surface area contributed by atoms with Gasteiger partial charge in [-0.15, -0.1) is 0 Å². The second-order valence-corrected chi connectivity index (χ2v) is 5.39. The summed E-state index contributed by atoms with van der Waals surface area (Å²) < 4.78 is 0. The van der Waals surface area contributed by atoms with Crippen LogP contribution in [0, 0.1) is 20.8 Å². The molecule has 0 N–H and O–H groups in total. The van der Waals surface area contributed by atoms with Gasteiger partial charge in [0.2, 0.25) is 0 Å². The molecule has 0 bridgehead atoms. The number of fused-ring (bicyclic) bond motifs is 1. The molecule has 0 radical (unpaired) electrons. The Hall–Kier alpha value is -2.08. The maximum absolute atomic E-state index is 2.30. The van der Waals surface area contributed by atoms with E-state index in [2.05, 4.69) is 75.4 Å². The van der Waals surface area contributed by atoms with E-state index in [-0.39, 0.29) is 0 Å². The van der Waals surface area contributed by atoms with Gasteiger partial charge in [0.15, 0.2) is 0 Å². The van der Waals surface area contributed by atoms with Crippen LogP contribution in [-0.4, -0.2) is 0 Å². The highest BCUT2D eigenvalue weighted by Gasteiger charge is 2.05. The van der Waals surface area contributed by atoms with E-state index >= 15 is 0 Å². The van der Waals surface area contributed by atoms with Gasteiger partial charge in [0.05, 0.1) is 0 Å². The van der Waals surface area contributed by atoms with Crippen molar-refractivity contribution in [3.63, 3.8) is 0 Å². The van der Waals surface area contributed by atoms with Crippen LogP contribution in [0.25, 0.3) is 21.9 Å². The Balaban J connectivity index is 2.26. The molecule has 3 rings (SSSR count). The zero-order valence-electron chi connectivity index (χ0n) is 11.7. The fourth-order valence-electron chi connectivity index (χ4n) is 2.80. The van der Waals surface area contributed by atoms with E-state index in [9.17, 15) is 0 Å². The first-order valence-corrected chi connectivity index (χ1v) is 6.71. The van der Waals surface area contributed by atoms with E-state index in [0.717, 1.165) is 0 Å². The van der Waals surface area contributed by atoms with Gasteiger partial charge in [0.25, 0.3) is 0 Å². The molecule has 0 aliphatic heterocycles. The van der Waals surface area contributed by atoms with E-state index in [0.29, 0.717) is 0 Å². The minimum absolute atomic E-state index is 1.31. The normalized spacial score (nSPS) is 10.9. The molecular weight excluding hydrogens is 228 g/mol. The maximum atomic E-state index is 2.30. The summed E-state index contributed by atoms with van der Waals surface area (Å²) in [5, 5.41) is 2.62. The van der Waals surface area contributed by atoms with Crippen molar-refractivity contribution in [2.24, 2.45) is 0 Å². The van der Waals surface area contributed by atoms with Crippen molar-refractivity contribution in [3.8, 4) is 11.1 Å². The molecule has 0 unspecified atom stereocenters. The third-order valence-electron chi connectivity index (χ3n) is 3.63. The van der Waals surface area contributed by atoms with Gasteiger partial charge in [-0.05, 0) is 54.3 Å². The van der Waals surface area contributed by atoms with Gasteiger partial charge in [-0.1, -0.05) is 59.7 Å². The van der Waals surface area contributed by atoms with Gasteiger partial charge < -0.3 is 0 Å². The Kier molecular flexibility index (Phi) is 2.87. The lowest BCUT2D eigenvalue weighted by atomic mass is 9.94. The van der Waals surface area contributed by atoms with Gasteiger partial charge in [0, 0.05) is 0 Å². The van der Waals surface area contributed by atoms with E-state index in [4.69, 9.17) is 0 Å². The van der Waals surface area contributed by atoms with Crippen molar-refractivity contribution >= 4 is 10.8 Å². The number of rotatable bonds is 1. The molecule has 0 fully saturated rings. The van der Waals surface area contributed by atoms with Crippen molar-refractivity contribution in [3.05, 3.63) is 71.3 Å². The summed E-state index contributed by atoms with van der Waals surface area (Å²) >= 11 is 0. The molecule has 0 atom stereocenters. The quantitative estimate of drug-likeness (QED) is 0.537. The molecule has 0 aromatic heterocycles. The van der Waals surface area contributed by atoms with Crippen LogP contribution in [0.5, 0.6) is 0 Å². The minimum Gasteiger partial charge on any atom is -0.0616 e. The smallest absolute Gasteiger partial charge is 0.0148 e. The van der Waals surface area contributed by atoms with E-state index < -0.39 is 0 Å². The lowest BCUT2D eigenvalue weighted by Gasteiger charge is -2.10. The van der Waals surface area contributed by atoms with Gasteiger partial charge in [0.1, 0.15) is 0 Å². The maximum Gasteiger partial charge on any atom is -0.0148 e. The third-order valence-corrected chi connectivity index (χ3v) is 3.63. The Morgan fingerprint density at radius 1 is 0.632 bits per heavy atom. The highest BCUT2D eigenvalue weighted by Crippen LogP contribution is 2.29. The second kappa shape index (κ2) is 4.55. The first-order chi connectivity index (χ1) is 9.13. The van der Waals surface area contributed by atoms with Gasteiger partial charge in [-0.2, -0.15) is 0 Å². The van der Waals surface area contributed by atoms with Gasteiger partial charge in [-0.3, -0.25) is 0 Å². The zero-order chi connectivity index (χ0) is 13.4. The van der Waals surface area contributed by atoms with Crippen LogP contribution >= 0.6 is 0 Å². The standard InChI is InChI=1S/C19H18/c1-13-8-14(2)10-18(9-13)19-12-17-7-5-4-6-16(17)11-15(19)3/h4-12H,1-3H3.